The van der Waals surface area contributed by atoms with Gasteiger partial charge in [0.1, 0.15) is 5.75 Å². The van der Waals surface area contributed by atoms with Crippen molar-refractivity contribution in [2.75, 3.05) is 26.3 Å². The van der Waals surface area contributed by atoms with Gasteiger partial charge in [-0.05, 0) is 19.9 Å². The maximum atomic E-state index is 12.5. The van der Waals surface area contributed by atoms with Crippen LogP contribution in [0.3, 0.4) is 0 Å². The van der Waals surface area contributed by atoms with Gasteiger partial charge in [-0.3, -0.25) is 0 Å². The van der Waals surface area contributed by atoms with Crippen LogP contribution in [0.25, 0.3) is 0 Å². The summed E-state index contributed by atoms with van der Waals surface area (Å²) in [5.74, 6) is 0.810. The highest BCUT2D eigenvalue weighted by Gasteiger charge is 2.33. The Labute approximate surface area is 141 Å². The van der Waals surface area contributed by atoms with Crippen molar-refractivity contribution in [2.24, 2.45) is 10.4 Å². The van der Waals surface area contributed by atoms with Crippen molar-refractivity contribution in [3.63, 3.8) is 0 Å². The third-order valence-corrected chi connectivity index (χ3v) is 3.77. The maximum absolute atomic E-state index is 12.5. The minimum Gasteiger partial charge on any atom is -0.434 e. The summed E-state index contributed by atoms with van der Waals surface area (Å²) in [5.41, 5.74) is 1.72. The fraction of sp³-hybridized carbons (Fsp3) is 0.588. The molecular weight excluding hydrogens is 316 g/mol. The van der Waals surface area contributed by atoms with Gasteiger partial charge in [0.15, 0.2) is 5.96 Å². The van der Waals surface area contributed by atoms with Crippen LogP contribution in [0.2, 0.25) is 0 Å². The van der Waals surface area contributed by atoms with Gasteiger partial charge in [-0.2, -0.15) is 8.78 Å². The first-order valence-corrected chi connectivity index (χ1v) is 8.06. The number of rotatable bonds is 7. The summed E-state index contributed by atoms with van der Waals surface area (Å²) < 4.78 is 34.9. The minimum absolute atomic E-state index is 0.115. The average molecular weight is 341 g/mol. The molecule has 1 aliphatic rings. The van der Waals surface area contributed by atoms with Crippen molar-refractivity contribution in [3.05, 3.63) is 29.3 Å². The SMILES string of the molecule is CCNC(=NCc1cc(C)ccc1OC(F)F)NCC1(C)COC1. The van der Waals surface area contributed by atoms with Crippen molar-refractivity contribution in [1.29, 1.82) is 0 Å². The lowest BCUT2D eigenvalue weighted by Gasteiger charge is -2.38. The summed E-state index contributed by atoms with van der Waals surface area (Å²) >= 11 is 0. The van der Waals surface area contributed by atoms with E-state index in [0.717, 1.165) is 25.3 Å². The van der Waals surface area contributed by atoms with Crippen LogP contribution >= 0.6 is 0 Å². The topological polar surface area (TPSA) is 54.9 Å². The molecule has 0 amide bonds. The average Bonchev–Trinajstić information content (AvgIpc) is 2.50. The van der Waals surface area contributed by atoms with Crippen molar-refractivity contribution in [1.82, 2.24) is 10.6 Å². The Hall–Kier alpha value is -1.89. The fourth-order valence-corrected chi connectivity index (χ4v) is 2.40. The highest BCUT2D eigenvalue weighted by atomic mass is 19.3. The van der Waals surface area contributed by atoms with Gasteiger partial charge in [0, 0.05) is 24.1 Å². The van der Waals surface area contributed by atoms with Gasteiger partial charge in [-0.25, -0.2) is 4.99 Å². The van der Waals surface area contributed by atoms with Crippen LogP contribution in [0.1, 0.15) is 25.0 Å². The predicted molar refractivity (Wildman–Crippen MR) is 89.6 cm³/mol. The predicted octanol–water partition coefficient (Wildman–Crippen LogP) is 2.69. The van der Waals surface area contributed by atoms with Crippen LogP contribution in [0.5, 0.6) is 5.75 Å². The van der Waals surface area contributed by atoms with E-state index in [2.05, 4.69) is 27.3 Å². The molecule has 134 valence electrons. The number of benzene rings is 1. The number of ether oxygens (including phenoxy) is 2. The van der Waals surface area contributed by atoms with Gasteiger partial charge in [0.05, 0.1) is 19.8 Å². The van der Waals surface area contributed by atoms with Gasteiger partial charge >= 0.3 is 6.61 Å². The van der Waals surface area contributed by atoms with E-state index >= 15 is 0 Å². The molecule has 0 atom stereocenters. The monoisotopic (exact) mass is 341 g/mol. The summed E-state index contributed by atoms with van der Waals surface area (Å²) in [6.07, 6.45) is 0. The molecule has 0 aliphatic carbocycles. The van der Waals surface area contributed by atoms with Gasteiger partial charge in [0.25, 0.3) is 0 Å². The maximum Gasteiger partial charge on any atom is 0.387 e. The quantitative estimate of drug-likeness (QED) is 0.591. The first kappa shape index (κ1) is 18.4. The second-order valence-electron chi connectivity index (χ2n) is 6.34. The lowest BCUT2D eigenvalue weighted by molar-refractivity contribution is -0.0971. The van der Waals surface area contributed by atoms with Gasteiger partial charge < -0.3 is 20.1 Å². The van der Waals surface area contributed by atoms with Crippen LogP contribution in [0, 0.1) is 12.3 Å². The highest BCUT2D eigenvalue weighted by molar-refractivity contribution is 5.79. The van der Waals surface area contributed by atoms with Gasteiger partial charge in [-0.1, -0.05) is 24.6 Å². The zero-order valence-electron chi connectivity index (χ0n) is 14.4. The largest absolute Gasteiger partial charge is 0.434 e. The van der Waals surface area contributed by atoms with E-state index in [0.29, 0.717) is 18.1 Å². The summed E-state index contributed by atoms with van der Waals surface area (Å²) in [7, 11) is 0. The Kier molecular flexibility index (Phi) is 6.36. The molecule has 2 N–H and O–H groups in total. The molecule has 1 saturated heterocycles. The van der Waals surface area contributed by atoms with E-state index in [1.165, 1.54) is 0 Å². The number of hydrogen-bond acceptors (Lipinski definition) is 3. The summed E-state index contributed by atoms with van der Waals surface area (Å²) in [6.45, 7) is 6.34. The highest BCUT2D eigenvalue weighted by Crippen LogP contribution is 2.25. The molecule has 0 spiro atoms. The number of nitrogens with zero attached hydrogens (tertiary/aromatic N) is 1. The van der Waals surface area contributed by atoms with Crippen LogP contribution < -0.4 is 15.4 Å². The molecule has 5 nitrogen and oxygen atoms in total. The van der Waals surface area contributed by atoms with E-state index in [9.17, 15) is 8.78 Å². The smallest absolute Gasteiger partial charge is 0.387 e. The van der Waals surface area contributed by atoms with E-state index in [1.807, 2.05) is 19.9 Å². The Balaban J connectivity index is 2.05. The molecule has 0 bridgehead atoms. The van der Waals surface area contributed by atoms with Crippen LogP contribution in [-0.4, -0.2) is 38.9 Å². The Morgan fingerprint density at radius 2 is 2.12 bits per heavy atom. The molecule has 1 aliphatic heterocycles. The number of guanidine groups is 1. The number of halogens is 2. The van der Waals surface area contributed by atoms with E-state index in [1.54, 1.807) is 12.1 Å². The number of aliphatic imine (C=N–C) groups is 1. The first-order chi connectivity index (χ1) is 11.4. The molecular formula is C17H25F2N3O2. The van der Waals surface area contributed by atoms with Crippen LogP contribution in [0.15, 0.2) is 23.2 Å². The minimum atomic E-state index is -2.85. The molecule has 1 fully saturated rings. The number of nitrogens with one attached hydrogen (secondary N) is 2. The summed E-state index contributed by atoms with van der Waals surface area (Å²) in [6, 6.07) is 5.11. The summed E-state index contributed by atoms with van der Waals surface area (Å²) in [5, 5.41) is 6.44. The lowest BCUT2D eigenvalue weighted by Crippen LogP contribution is -2.51. The zero-order chi connectivity index (χ0) is 17.6. The first-order valence-electron chi connectivity index (χ1n) is 8.06. The zero-order valence-corrected chi connectivity index (χ0v) is 14.4. The normalized spacial score (nSPS) is 16.7. The number of alkyl halides is 2. The number of aryl methyl sites for hydroxylation is 1. The molecule has 2 rings (SSSR count). The van der Waals surface area contributed by atoms with Gasteiger partial charge in [-0.15, -0.1) is 0 Å². The molecule has 7 heteroatoms. The van der Waals surface area contributed by atoms with Crippen molar-refractivity contribution < 1.29 is 18.3 Å². The standard InChI is InChI=1S/C17H25F2N3O2/c1-4-20-16(22-9-17(3)10-23-11-17)21-8-13-7-12(2)5-6-14(13)24-15(18)19/h5-7,15H,4,8-11H2,1-3H3,(H2,20,21,22). The Morgan fingerprint density at radius 3 is 2.71 bits per heavy atom. The Bertz CT molecular complexity index is 575. The van der Waals surface area contributed by atoms with Crippen molar-refractivity contribution in [2.45, 2.75) is 33.9 Å². The van der Waals surface area contributed by atoms with Crippen molar-refractivity contribution in [3.8, 4) is 5.75 Å². The van der Waals surface area contributed by atoms with Gasteiger partial charge in [0.2, 0.25) is 0 Å². The molecule has 0 radical (unpaired) electrons. The van der Waals surface area contributed by atoms with E-state index < -0.39 is 6.61 Å². The molecule has 1 aromatic rings. The van der Waals surface area contributed by atoms with Crippen LogP contribution in [-0.2, 0) is 11.3 Å². The van der Waals surface area contributed by atoms with Crippen LogP contribution in [0.4, 0.5) is 8.78 Å². The molecule has 1 aromatic carbocycles. The molecule has 24 heavy (non-hydrogen) atoms. The molecule has 0 unspecified atom stereocenters. The number of hydrogen-bond donors (Lipinski definition) is 2. The molecule has 0 aromatic heterocycles. The second-order valence-corrected chi connectivity index (χ2v) is 6.34. The second kappa shape index (κ2) is 8.28. The molecule has 1 heterocycles. The summed E-state index contributed by atoms with van der Waals surface area (Å²) in [4.78, 5) is 4.48. The van der Waals surface area contributed by atoms with E-state index in [-0.39, 0.29) is 17.7 Å². The lowest BCUT2D eigenvalue weighted by atomic mass is 9.89. The van der Waals surface area contributed by atoms with Crippen molar-refractivity contribution >= 4 is 5.96 Å². The fourth-order valence-electron chi connectivity index (χ4n) is 2.40. The third kappa shape index (κ3) is 5.33. The Morgan fingerprint density at radius 1 is 1.38 bits per heavy atom. The molecule has 0 saturated carbocycles. The van der Waals surface area contributed by atoms with E-state index in [4.69, 9.17) is 4.74 Å². The third-order valence-electron chi connectivity index (χ3n) is 3.77.